The molecule has 0 aliphatic heterocycles. The van der Waals surface area contributed by atoms with E-state index in [1.807, 2.05) is 0 Å². The molecule has 1 N–H and O–H groups in total. The third-order valence-corrected chi connectivity index (χ3v) is 5.97. The predicted molar refractivity (Wildman–Crippen MR) is 135 cm³/mol. The molecule has 0 aromatic rings. The molecule has 0 saturated carbocycles. The van der Waals surface area contributed by atoms with Gasteiger partial charge >= 0.3 is 0 Å². The topological polar surface area (TPSA) is 20.2 Å². The second-order valence-electron chi connectivity index (χ2n) is 9.15. The summed E-state index contributed by atoms with van der Waals surface area (Å²) in [5, 5.41) is 8.64. The fourth-order valence-electron chi connectivity index (χ4n) is 3.87. The maximum absolute atomic E-state index is 8.64. The SMILES string of the molecule is CCCCCCCCCCCC.CCCCCCCCCCCCCCCCO. The van der Waals surface area contributed by atoms with Crippen molar-refractivity contribution in [3.8, 4) is 0 Å². The molecule has 1 nitrogen and oxygen atoms in total. The van der Waals surface area contributed by atoms with Gasteiger partial charge in [-0.3, -0.25) is 0 Å². The molecule has 0 amide bonds. The molecule has 0 radical (unpaired) electrons. The lowest BCUT2D eigenvalue weighted by atomic mass is 10.0. The standard InChI is InChI=1S/C16H34O.C12H26/c1-2-3-4-5-6-7-8-9-10-11-12-13-14-15-16-17;1-3-5-7-9-11-12-10-8-6-4-2/h17H,2-16H2,1H3;3-12H2,1-2H3. The predicted octanol–water partition coefficient (Wildman–Crippen LogP) is 10.4. The first kappa shape index (κ1) is 31.1. The van der Waals surface area contributed by atoms with Crippen LogP contribution in [0.15, 0.2) is 0 Å². The van der Waals surface area contributed by atoms with E-state index in [9.17, 15) is 0 Å². The van der Waals surface area contributed by atoms with Gasteiger partial charge in [0.05, 0.1) is 0 Å². The van der Waals surface area contributed by atoms with Crippen molar-refractivity contribution in [2.75, 3.05) is 6.61 Å². The third-order valence-electron chi connectivity index (χ3n) is 5.97. The molecule has 29 heavy (non-hydrogen) atoms. The first-order valence-electron chi connectivity index (χ1n) is 13.9. The molecule has 0 atom stereocenters. The summed E-state index contributed by atoms with van der Waals surface area (Å²) in [6.07, 6.45) is 33.6. The Morgan fingerprint density at radius 2 is 0.448 bits per heavy atom. The molecule has 1 heteroatoms. The van der Waals surface area contributed by atoms with Gasteiger partial charge in [0, 0.05) is 6.61 Å². The number of aliphatic hydroxyl groups excluding tert-OH is 1. The summed E-state index contributed by atoms with van der Waals surface area (Å²) in [6.45, 7) is 7.21. The Morgan fingerprint density at radius 1 is 0.276 bits per heavy atom. The molecule has 0 unspecified atom stereocenters. The van der Waals surface area contributed by atoms with Crippen LogP contribution in [0, 0.1) is 0 Å². The van der Waals surface area contributed by atoms with Gasteiger partial charge in [0.25, 0.3) is 0 Å². The van der Waals surface area contributed by atoms with Gasteiger partial charge in [-0.15, -0.1) is 0 Å². The van der Waals surface area contributed by atoms with E-state index in [1.165, 1.54) is 148 Å². The minimum Gasteiger partial charge on any atom is -0.396 e. The average molecular weight is 413 g/mol. The average Bonchev–Trinajstić information content (AvgIpc) is 2.74. The summed E-state index contributed by atoms with van der Waals surface area (Å²) >= 11 is 0. The number of rotatable bonds is 23. The first-order chi connectivity index (χ1) is 14.3. The molecule has 0 saturated heterocycles. The van der Waals surface area contributed by atoms with Gasteiger partial charge < -0.3 is 5.11 Å². The lowest BCUT2D eigenvalue weighted by molar-refractivity contribution is 0.282. The number of hydrogen-bond donors (Lipinski definition) is 1. The third kappa shape index (κ3) is 35.7. The van der Waals surface area contributed by atoms with Gasteiger partial charge in [-0.25, -0.2) is 0 Å². The van der Waals surface area contributed by atoms with Crippen LogP contribution in [0.4, 0.5) is 0 Å². The molecule has 0 aliphatic carbocycles. The fraction of sp³-hybridized carbons (Fsp3) is 1.00. The molecule has 0 rings (SSSR count). The second-order valence-corrected chi connectivity index (χ2v) is 9.15. The van der Waals surface area contributed by atoms with Crippen molar-refractivity contribution in [1.29, 1.82) is 0 Å². The molecular formula is C28H60O. The Hall–Kier alpha value is -0.0400. The maximum atomic E-state index is 8.64. The van der Waals surface area contributed by atoms with E-state index >= 15 is 0 Å². The molecule has 0 bridgehead atoms. The van der Waals surface area contributed by atoms with Crippen LogP contribution in [0.1, 0.15) is 175 Å². The largest absolute Gasteiger partial charge is 0.396 e. The highest BCUT2D eigenvalue weighted by molar-refractivity contribution is 4.49. The summed E-state index contributed by atoms with van der Waals surface area (Å²) < 4.78 is 0. The van der Waals surface area contributed by atoms with Crippen LogP contribution in [0.2, 0.25) is 0 Å². The Morgan fingerprint density at radius 3 is 0.621 bits per heavy atom. The van der Waals surface area contributed by atoms with Crippen LogP contribution >= 0.6 is 0 Å². The fourth-order valence-corrected chi connectivity index (χ4v) is 3.87. The van der Waals surface area contributed by atoms with Gasteiger partial charge in [0.1, 0.15) is 0 Å². The highest BCUT2D eigenvalue weighted by Crippen LogP contribution is 2.13. The van der Waals surface area contributed by atoms with Crippen LogP contribution in [0.3, 0.4) is 0 Å². The molecule has 0 aromatic carbocycles. The van der Waals surface area contributed by atoms with Gasteiger partial charge in [-0.1, -0.05) is 168 Å². The molecular weight excluding hydrogens is 352 g/mol. The Kier molecular flexibility index (Phi) is 35.0. The summed E-state index contributed by atoms with van der Waals surface area (Å²) in [7, 11) is 0. The lowest BCUT2D eigenvalue weighted by Crippen LogP contribution is -1.84. The molecule has 178 valence electrons. The summed E-state index contributed by atoms with van der Waals surface area (Å²) in [5.41, 5.74) is 0. The number of aliphatic hydroxyl groups is 1. The van der Waals surface area contributed by atoms with Crippen LogP contribution in [0.25, 0.3) is 0 Å². The number of unbranched alkanes of at least 4 members (excludes halogenated alkanes) is 22. The van der Waals surface area contributed by atoms with Crippen molar-refractivity contribution >= 4 is 0 Å². The maximum Gasteiger partial charge on any atom is 0.0431 e. The van der Waals surface area contributed by atoms with Gasteiger partial charge in [-0.2, -0.15) is 0 Å². The van der Waals surface area contributed by atoms with Gasteiger partial charge in [-0.05, 0) is 6.42 Å². The van der Waals surface area contributed by atoms with Crippen molar-refractivity contribution in [2.24, 2.45) is 0 Å². The number of hydrogen-bond acceptors (Lipinski definition) is 1. The zero-order valence-corrected chi connectivity index (χ0v) is 21.1. The van der Waals surface area contributed by atoms with Crippen molar-refractivity contribution in [3.63, 3.8) is 0 Å². The van der Waals surface area contributed by atoms with Crippen molar-refractivity contribution in [3.05, 3.63) is 0 Å². The van der Waals surface area contributed by atoms with Crippen LogP contribution in [-0.2, 0) is 0 Å². The minimum absolute atomic E-state index is 0.373. The highest BCUT2D eigenvalue weighted by atomic mass is 16.2. The summed E-state index contributed by atoms with van der Waals surface area (Å²) in [5.74, 6) is 0. The highest BCUT2D eigenvalue weighted by Gasteiger charge is 1.93. The Labute approximate surface area is 186 Å². The summed E-state index contributed by atoms with van der Waals surface area (Å²) in [6, 6.07) is 0. The van der Waals surface area contributed by atoms with E-state index in [0.29, 0.717) is 6.61 Å². The zero-order valence-electron chi connectivity index (χ0n) is 21.1. The van der Waals surface area contributed by atoms with Crippen molar-refractivity contribution < 1.29 is 5.11 Å². The second kappa shape index (κ2) is 32.6. The molecule has 0 aromatic heterocycles. The Balaban J connectivity index is 0. The van der Waals surface area contributed by atoms with E-state index in [0.717, 1.165) is 6.42 Å². The van der Waals surface area contributed by atoms with Crippen molar-refractivity contribution in [2.45, 2.75) is 175 Å². The molecule has 0 heterocycles. The van der Waals surface area contributed by atoms with Crippen LogP contribution in [0.5, 0.6) is 0 Å². The van der Waals surface area contributed by atoms with Crippen LogP contribution < -0.4 is 0 Å². The smallest absolute Gasteiger partial charge is 0.0431 e. The van der Waals surface area contributed by atoms with E-state index < -0.39 is 0 Å². The summed E-state index contributed by atoms with van der Waals surface area (Å²) in [4.78, 5) is 0. The normalized spacial score (nSPS) is 10.8. The Bertz CT molecular complexity index is 214. The quantitative estimate of drug-likeness (QED) is 0.165. The van der Waals surface area contributed by atoms with Crippen LogP contribution in [-0.4, -0.2) is 11.7 Å². The van der Waals surface area contributed by atoms with E-state index in [1.54, 1.807) is 0 Å². The van der Waals surface area contributed by atoms with E-state index in [2.05, 4.69) is 20.8 Å². The molecule has 0 aliphatic rings. The molecule has 0 fully saturated rings. The lowest BCUT2D eigenvalue weighted by Gasteiger charge is -2.02. The van der Waals surface area contributed by atoms with E-state index in [4.69, 9.17) is 5.11 Å². The monoisotopic (exact) mass is 412 g/mol. The van der Waals surface area contributed by atoms with Crippen molar-refractivity contribution in [1.82, 2.24) is 0 Å². The van der Waals surface area contributed by atoms with Gasteiger partial charge in [0.2, 0.25) is 0 Å². The zero-order chi connectivity index (χ0) is 21.7. The minimum atomic E-state index is 0.373. The van der Waals surface area contributed by atoms with Gasteiger partial charge in [0.15, 0.2) is 0 Å². The van der Waals surface area contributed by atoms with E-state index in [-0.39, 0.29) is 0 Å². The molecule has 0 spiro atoms. The first-order valence-corrected chi connectivity index (χ1v) is 13.9.